The molecule has 0 aliphatic carbocycles. The van der Waals surface area contributed by atoms with Gasteiger partial charge in [0.05, 0.1) is 6.61 Å². The van der Waals surface area contributed by atoms with Crippen molar-refractivity contribution in [2.45, 2.75) is 6.61 Å². The molecule has 0 saturated carbocycles. The summed E-state index contributed by atoms with van der Waals surface area (Å²) in [6, 6.07) is 14.7. The van der Waals surface area contributed by atoms with Crippen LogP contribution in [0.3, 0.4) is 0 Å². The van der Waals surface area contributed by atoms with Crippen molar-refractivity contribution in [3.05, 3.63) is 54.1 Å². The van der Waals surface area contributed by atoms with Crippen molar-refractivity contribution in [3.8, 4) is 16.9 Å². The van der Waals surface area contributed by atoms with Gasteiger partial charge in [-0.05, 0) is 34.9 Å². The molecule has 2 nitrogen and oxygen atoms in total. The molecule has 0 aliphatic rings. The van der Waals surface area contributed by atoms with Gasteiger partial charge in [0.25, 0.3) is 0 Å². The maximum Gasteiger partial charge on any atom is 0.116 e. The van der Waals surface area contributed by atoms with Crippen LogP contribution in [0.2, 0.25) is 0 Å². The van der Waals surface area contributed by atoms with Crippen LogP contribution < -0.4 is 0 Å². The van der Waals surface area contributed by atoms with E-state index in [9.17, 15) is 5.11 Å². The minimum Gasteiger partial charge on any atom is -0.508 e. The molecule has 2 heteroatoms. The molecule has 15 heavy (non-hydrogen) atoms. The van der Waals surface area contributed by atoms with Crippen molar-refractivity contribution < 1.29 is 10.2 Å². The van der Waals surface area contributed by atoms with E-state index in [1.165, 1.54) is 0 Å². The molecule has 2 rings (SSSR count). The maximum absolute atomic E-state index is 9.35. The monoisotopic (exact) mass is 200 g/mol. The van der Waals surface area contributed by atoms with Crippen molar-refractivity contribution in [1.82, 2.24) is 0 Å². The van der Waals surface area contributed by atoms with E-state index in [2.05, 4.69) is 0 Å². The lowest BCUT2D eigenvalue weighted by Gasteiger charge is -2.04. The molecular weight excluding hydrogens is 188 g/mol. The Hall–Kier alpha value is -1.80. The molecule has 2 aromatic carbocycles. The van der Waals surface area contributed by atoms with Crippen LogP contribution in [-0.4, -0.2) is 10.2 Å². The van der Waals surface area contributed by atoms with Crippen molar-refractivity contribution >= 4 is 0 Å². The van der Waals surface area contributed by atoms with Gasteiger partial charge in [-0.15, -0.1) is 0 Å². The van der Waals surface area contributed by atoms with Crippen LogP contribution in [0.4, 0.5) is 0 Å². The van der Waals surface area contributed by atoms with Crippen molar-refractivity contribution in [2.24, 2.45) is 0 Å². The quantitative estimate of drug-likeness (QED) is 0.782. The number of phenolic OH excluding ortho intramolecular Hbond substituents is 1. The van der Waals surface area contributed by atoms with E-state index in [0.29, 0.717) is 0 Å². The average molecular weight is 200 g/mol. The lowest BCUT2D eigenvalue weighted by Crippen LogP contribution is -1.84. The number of aromatic hydroxyl groups is 1. The average Bonchev–Trinajstić information content (AvgIpc) is 2.29. The lowest BCUT2D eigenvalue weighted by molar-refractivity contribution is 0.282. The molecule has 0 heterocycles. The van der Waals surface area contributed by atoms with Crippen LogP contribution in [0.15, 0.2) is 48.5 Å². The molecule has 0 fully saturated rings. The molecule has 0 unspecified atom stereocenters. The third-order valence-electron chi connectivity index (χ3n) is 2.29. The summed E-state index contributed by atoms with van der Waals surface area (Å²) in [5.41, 5.74) is 2.82. The summed E-state index contributed by atoms with van der Waals surface area (Å²) in [6.07, 6.45) is 0. The van der Waals surface area contributed by atoms with E-state index >= 15 is 0 Å². The minimum absolute atomic E-state index is 0.0344. The topological polar surface area (TPSA) is 40.5 Å². The van der Waals surface area contributed by atoms with Gasteiger partial charge in [-0.3, -0.25) is 0 Å². The second-order valence-corrected chi connectivity index (χ2v) is 3.41. The Morgan fingerprint density at radius 3 is 2.20 bits per heavy atom. The highest BCUT2D eigenvalue weighted by Gasteiger charge is 1.99. The first kappa shape index (κ1) is 9.74. The first-order valence-electron chi connectivity index (χ1n) is 4.79. The van der Waals surface area contributed by atoms with Gasteiger partial charge in [-0.25, -0.2) is 0 Å². The van der Waals surface area contributed by atoms with E-state index in [-0.39, 0.29) is 12.4 Å². The molecule has 0 aliphatic heterocycles. The Balaban J connectivity index is 2.44. The summed E-state index contributed by atoms with van der Waals surface area (Å²) in [5, 5.41) is 18.4. The van der Waals surface area contributed by atoms with Crippen molar-refractivity contribution in [2.75, 3.05) is 0 Å². The van der Waals surface area contributed by atoms with Crippen molar-refractivity contribution in [1.29, 1.82) is 0 Å². The highest BCUT2D eigenvalue weighted by molar-refractivity contribution is 5.65. The van der Waals surface area contributed by atoms with Gasteiger partial charge in [-0.1, -0.05) is 30.3 Å². The Labute approximate surface area is 88.4 Å². The highest BCUT2D eigenvalue weighted by Crippen LogP contribution is 2.23. The third-order valence-corrected chi connectivity index (χ3v) is 2.29. The zero-order chi connectivity index (χ0) is 10.7. The van der Waals surface area contributed by atoms with E-state index in [1.54, 1.807) is 18.2 Å². The largest absolute Gasteiger partial charge is 0.508 e. The summed E-state index contributed by atoms with van der Waals surface area (Å²) >= 11 is 0. The van der Waals surface area contributed by atoms with Crippen LogP contribution in [-0.2, 0) is 6.61 Å². The van der Waals surface area contributed by atoms with Gasteiger partial charge in [-0.2, -0.15) is 0 Å². The van der Waals surface area contributed by atoms with Gasteiger partial charge >= 0.3 is 0 Å². The van der Waals surface area contributed by atoms with E-state index in [4.69, 9.17) is 5.11 Å². The van der Waals surface area contributed by atoms with Gasteiger partial charge in [0, 0.05) is 0 Å². The van der Waals surface area contributed by atoms with Crippen LogP contribution >= 0.6 is 0 Å². The molecule has 2 aromatic rings. The molecule has 0 bridgehead atoms. The summed E-state index contributed by atoms with van der Waals surface area (Å²) in [4.78, 5) is 0. The normalized spacial score (nSPS) is 10.2. The number of aliphatic hydroxyl groups is 1. The Morgan fingerprint density at radius 1 is 0.867 bits per heavy atom. The number of rotatable bonds is 2. The molecule has 0 amide bonds. The molecule has 76 valence electrons. The molecule has 0 aromatic heterocycles. The number of phenols is 1. The zero-order valence-corrected chi connectivity index (χ0v) is 8.22. The maximum atomic E-state index is 9.35. The number of hydrogen-bond donors (Lipinski definition) is 2. The summed E-state index contributed by atoms with van der Waals surface area (Å²) in [7, 11) is 0. The van der Waals surface area contributed by atoms with E-state index < -0.39 is 0 Å². The smallest absolute Gasteiger partial charge is 0.116 e. The highest BCUT2D eigenvalue weighted by atomic mass is 16.3. The second kappa shape index (κ2) is 4.15. The van der Waals surface area contributed by atoms with Gasteiger partial charge in [0.1, 0.15) is 5.75 Å². The third kappa shape index (κ3) is 2.17. The number of aliphatic hydroxyl groups excluding tert-OH is 1. The second-order valence-electron chi connectivity index (χ2n) is 3.41. The molecule has 0 spiro atoms. The predicted molar refractivity (Wildman–Crippen MR) is 59.5 cm³/mol. The fraction of sp³-hybridized carbons (Fsp3) is 0.0769. The molecule has 0 radical (unpaired) electrons. The number of hydrogen-bond acceptors (Lipinski definition) is 2. The zero-order valence-electron chi connectivity index (χ0n) is 8.22. The Morgan fingerprint density at radius 2 is 1.53 bits per heavy atom. The van der Waals surface area contributed by atoms with E-state index in [0.717, 1.165) is 16.7 Å². The molecule has 0 atom stereocenters. The first-order valence-corrected chi connectivity index (χ1v) is 4.79. The predicted octanol–water partition coefficient (Wildman–Crippen LogP) is 2.55. The van der Waals surface area contributed by atoms with Gasteiger partial charge < -0.3 is 10.2 Å². The van der Waals surface area contributed by atoms with Crippen molar-refractivity contribution in [3.63, 3.8) is 0 Å². The molecule has 0 saturated heterocycles. The van der Waals surface area contributed by atoms with E-state index in [1.807, 2.05) is 30.3 Å². The Kier molecular flexibility index (Phi) is 2.70. The van der Waals surface area contributed by atoms with Gasteiger partial charge in [0.2, 0.25) is 0 Å². The Bertz CT molecular complexity index is 464. The van der Waals surface area contributed by atoms with Crippen LogP contribution in [0.25, 0.3) is 11.1 Å². The molecular formula is C13H12O2. The fourth-order valence-electron chi connectivity index (χ4n) is 1.53. The van der Waals surface area contributed by atoms with Crippen LogP contribution in [0, 0.1) is 0 Å². The van der Waals surface area contributed by atoms with Crippen LogP contribution in [0.5, 0.6) is 5.75 Å². The minimum atomic E-state index is 0.0344. The lowest BCUT2D eigenvalue weighted by atomic mass is 10.0. The number of benzene rings is 2. The summed E-state index contributed by atoms with van der Waals surface area (Å²) < 4.78 is 0. The standard InChI is InChI=1S/C13H12O2/c14-9-10-3-1-4-11(7-10)12-5-2-6-13(15)8-12/h1-8,14-15H,9H2. The SMILES string of the molecule is OCc1cccc(-c2cccc(O)c2)c1. The fourth-order valence-corrected chi connectivity index (χ4v) is 1.53. The summed E-state index contributed by atoms with van der Waals surface area (Å²) in [6.45, 7) is 0.0344. The van der Waals surface area contributed by atoms with Crippen LogP contribution in [0.1, 0.15) is 5.56 Å². The van der Waals surface area contributed by atoms with Gasteiger partial charge in [0.15, 0.2) is 0 Å². The first-order chi connectivity index (χ1) is 7.29. The molecule has 2 N–H and O–H groups in total. The summed E-state index contributed by atoms with van der Waals surface area (Å²) in [5.74, 6) is 0.252.